The van der Waals surface area contributed by atoms with E-state index in [0.717, 1.165) is 18.8 Å². The Labute approximate surface area is 73.1 Å². The SMILES string of the molecule is CCn1ccnc1CC(C)CO. The van der Waals surface area contributed by atoms with E-state index in [2.05, 4.69) is 16.5 Å². The lowest BCUT2D eigenvalue weighted by atomic mass is 10.1. The van der Waals surface area contributed by atoms with Gasteiger partial charge in [0.05, 0.1) is 0 Å². The molecule has 0 radical (unpaired) electrons. The predicted octanol–water partition coefficient (Wildman–Crippen LogP) is 1.07. The molecule has 0 aliphatic carbocycles. The molecule has 0 aliphatic rings. The molecule has 0 aliphatic heterocycles. The van der Waals surface area contributed by atoms with Crippen LogP contribution >= 0.6 is 0 Å². The summed E-state index contributed by atoms with van der Waals surface area (Å²) in [6.45, 7) is 5.30. The van der Waals surface area contributed by atoms with Crippen LogP contribution in [0.1, 0.15) is 19.7 Å². The van der Waals surface area contributed by atoms with Crippen LogP contribution < -0.4 is 0 Å². The highest BCUT2D eigenvalue weighted by Crippen LogP contribution is 2.05. The second-order valence-electron chi connectivity index (χ2n) is 3.12. The van der Waals surface area contributed by atoms with Gasteiger partial charge in [-0.25, -0.2) is 4.98 Å². The fourth-order valence-electron chi connectivity index (χ4n) is 1.19. The summed E-state index contributed by atoms with van der Waals surface area (Å²) in [6.07, 6.45) is 4.64. The molecule has 1 N–H and O–H groups in total. The van der Waals surface area contributed by atoms with Gasteiger partial charge < -0.3 is 9.67 Å². The highest BCUT2D eigenvalue weighted by atomic mass is 16.3. The molecule has 1 aromatic heterocycles. The van der Waals surface area contributed by atoms with Gasteiger partial charge in [-0.15, -0.1) is 0 Å². The lowest BCUT2D eigenvalue weighted by molar-refractivity contribution is 0.234. The number of hydrogen-bond acceptors (Lipinski definition) is 2. The minimum Gasteiger partial charge on any atom is -0.396 e. The number of aromatic nitrogens is 2. The van der Waals surface area contributed by atoms with Gasteiger partial charge >= 0.3 is 0 Å². The molecule has 1 atom stereocenters. The molecule has 3 nitrogen and oxygen atoms in total. The van der Waals surface area contributed by atoms with Crippen molar-refractivity contribution in [3.8, 4) is 0 Å². The van der Waals surface area contributed by atoms with Gasteiger partial charge in [-0.3, -0.25) is 0 Å². The largest absolute Gasteiger partial charge is 0.396 e. The first-order valence-electron chi connectivity index (χ1n) is 4.38. The summed E-state index contributed by atoms with van der Waals surface area (Å²) in [5.74, 6) is 1.37. The van der Waals surface area contributed by atoms with E-state index in [4.69, 9.17) is 5.11 Å². The van der Waals surface area contributed by atoms with Crippen molar-refractivity contribution in [3.63, 3.8) is 0 Å². The quantitative estimate of drug-likeness (QED) is 0.730. The average Bonchev–Trinajstić information content (AvgIpc) is 2.51. The first kappa shape index (κ1) is 9.26. The van der Waals surface area contributed by atoms with Gasteiger partial charge in [-0.05, 0) is 12.8 Å². The Morgan fingerprint density at radius 2 is 2.42 bits per heavy atom. The first-order chi connectivity index (χ1) is 5.77. The third-order valence-corrected chi connectivity index (χ3v) is 1.99. The monoisotopic (exact) mass is 168 g/mol. The van der Waals surface area contributed by atoms with Crippen LogP contribution in [0, 0.1) is 5.92 Å². The van der Waals surface area contributed by atoms with Crippen LogP contribution in [0.2, 0.25) is 0 Å². The topological polar surface area (TPSA) is 38.0 Å². The molecule has 1 heterocycles. The Morgan fingerprint density at radius 3 is 3.00 bits per heavy atom. The van der Waals surface area contributed by atoms with Crippen LogP contribution in [0.15, 0.2) is 12.4 Å². The number of rotatable bonds is 4. The minimum absolute atomic E-state index is 0.233. The maximum absolute atomic E-state index is 8.86. The van der Waals surface area contributed by atoms with E-state index < -0.39 is 0 Å². The van der Waals surface area contributed by atoms with Crippen molar-refractivity contribution in [1.82, 2.24) is 9.55 Å². The molecule has 3 heteroatoms. The Bertz CT molecular complexity index is 232. The summed E-state index contributed by atoms with van der Waals surface area (Å²) in [6, 6.07) is 0. The van der Waals surface area contributed by atoms with Crippen LogP contribution in [0.25, 0.3) is 0 Å². The summed E-state index contributed by atoms with van der Waals surface area (Å²) in [5, 5.41) is 8.86. The number of imidazole rings is 1. The standard InChI is InChI=1S/C9H16N2O/c1-3-11-5-4-10-9(11)6-8(2)7-12/h4-5,8,12H,3,6-7H2,1-2H3. The van der Waals surface area contributed by atoms with E-state index in [0.29, 0.717) is 5.92 Å². The van der Waals surface area contributed by atoms with Gasteiger partial charge in [0.2, 0.25) is 0 Å². The molecule has 1 aromatic rings. The molecule has 0 fully saturated rings. The molecule has 0 bridgehead atoms. The molecule has 0 amide bonds. The molecule has 12 heavy (non-hydrogen) atoms. The van der Waals surface area contributed by atoms with Crippen LogP contribution in [-0.2, 0) is 13.0 Å². The van der Waals surface area contributed by atoms with Crippen LogP contribution in [0.5, 0.6) is 0 Å². The maximum Gasteiger partial charge on any atom is 0.108 e. The lowest BCUT2D eigenvalue weighted by Crippen LogP contribution is -2.10. The molecular formula is C9H16N2O. The zero-order chi connectivity index (χ0) is 8.97. The zero-order valence-electron chi connectivity index (χ0n) is 7.70. The van der Waals surface area contributed by atoms with Gasteiger partial charge in [0.15, 0.2) is 0 Å². The third-order valence-electron chi connectivity index (χ3n) is 1.99. The summed E-state index contributed by atoms with van der Waals surface area (Å²) >= 11 is 0. The molecular weight excluding hydrogens is 152 g/mol. The minimum atomic E-state index is 0.233. The van der Waals surface area contributed by atoms with Crippen LogP contribution in [-0.4, -0.2) is 21.3 Å². The molecule has 0 aromatic carbocycles. The fourth-order valence-corrected chi connectivity index (χ4v) is 1.19. The lowest BCUT2D eigenvalue weighted by Gasteiger charge is -2.08. The Balaban J connectivity index is 2.61. The highest BCUT2D eigenvalue weighted by Gasteiger charge is 2.06. The molecule has 1 rings (SSSR count). The maximum atomic E-state index is 8.86. The fraction of sp³-hybridized carbons (Fsp3) is 0.667. The van der Waals surface area contributed by atoms with E-state index >= 15 is 0 Å². The Hall–Kier alpha value is -0.830. The van der Waals surface area contributed by atoms with Gasteiger partial charge in [0, 0.05) is 32.0 Å². The smallest absolute Gasteiger partial charge is 0.108 e. The van der Waals surface area contributed by atoms with E-state index in [1.807, 2.05) is 19.3 Å². The van der Waals surface area contributed by atoms with Crippen molar-refractivity contribution >= 4 is 0 Å². The summed E-state index contributed by atoms with van der Waals surface area (Å²) < 4.78 is 2.10. The number of aliphatic hydroxyl groups excluding tert-OH is 1. The van der Waals surface area contributed by atoms with E-state index in [-0.39, 0.29) is 6.61 Å². The number of hydrogen-bond donors (Lipinski definition) is 1. The van der Waals surface area contributed by atoms with Crippen molar-refractivity contribution in [2.75, 3.05) is 6.61 Å². The summed E-state index contributed by atoms with van der Waals surface area (Å²) in [7, 11) is 0. The van der Waals surface area contributed by atoms with Gasteiger partial charge in [0.25, 0.3) is 0 Å². The number of aryl methyl sites for hydroxylation is 1. The molecule has 0 saturated carbocycles. The molecule has 0 saturated heterocycles. The van der Waals surface area contributed by atoms with Crippen LogP contribution in [0.3, 0.4) is 0 Å². The first-order valence-corrected chi connectivity index (χ1v) is 4.38. The zero-order valence-corrected chi connectivity index (χ0v) is 7.70. The van der Waals surface area contributed by atoms with Crippen molar-refractivity contribution in [2.45, 2.75) is 26.8 Å². The second kappa shape index (κ2) is 4.26. The normalized spacial score (nSPS) is 13.2. The van der Waals surface area contributed by atoms with E-state index in [9.17, 15) is 0 Å². The number of aliphatic hydroxyl groups is 1. The molecule has 0 spiro atoms. The molecule has 1 unspecified atom stereocenters. The van der Waals surface area contributed by atoms with Crippen LogP contribution in [0.4, 0.5) is 0 Å². The Kier molecular flexibility index (Phi) is 3.29. The average molecular weight is 168 g/mol. The van der Waals surface area contributed by atoms with Crippen molar-refractivity contribution in [2.24, 2.45) is 5.92 Å². The second-order valence-corrected chi connectivity index (χ2v) is 3.12. The van der Waals surface area contributed by atoms with Crippen molar-refractivity contribution in [3.05, 3.63) is 18.2 Å². The van der Waals surface area contributed by atoms with Gasteiger partial charge in [0.1, 0.15) is 5.82 Å². The van der Waals surface area contributed by atoms with Crippen molar-refractivity contribution in [1.29, 1.82) is 0 Å². The van der Waals surface area contributed by atoms with Gasteiger partial charge in [-0.1, -0.05) is 6.92 Å². The summed E-state index contributed by atoms with van der Waals surface area (Å²) in [4.78, 5) is 4.23. The highest BCUT2D eigenvalue weighted by molar-refractivity contribution is 4.93. The van der Waals surface area contributed by atoms with Gasteiger partial charge in [-0.2, -0.15) is 0 Å². The Morgan fingerprint density at radius 1 is 1.67 bits per heavy atom. The summed E-state index contributed by atoms with van der Waals surface area (Å²) in [5.41, 5.74) is 0. The van der Waals surface area contributed by atoms with E-state index in [1.165, 1.54) is 0 Å². The van der Waals surface area contributed by atoms with Crippen molar-refractivity contribution < 1.29 is 5.11 Å². The number of nitrogens with zero attached hydrogens (tertiary/aromatic N) is 2. The predicted molar refractivity (Wildman–Crippen MR) is 47.9 cm³/mol. The molecule has 68 valence electrons. The van der Waals surface area contributed by atoms with E-state index in [1.54, 1.807) is 0 Å². The third kappa shape index (κ3) is 2.08.